The lowest BCUT2D eigenvalue weighted by Gasteiger charge is -2.05. The van der Waals surface area contributed by atoms with Gasteiger partial charge in [0.05, 0.1) is 5.56 Å². The Morgan fingerprint density at radius 3 is 1.94 bits per heavy atom. The van der Waals surface area contributed by atoms with Crippen LogP contribution >= 0.6 is 0 Å². The number of benzene rings is 2. The Bertz CT molecular complexity index is 580. The summed E-state index contributed by atoms with van der Waals surface area (Å²) in [6.07, 6.45) is 0. The van der Waals surface area contributed by atoms with Gasteiger partial charge in [-0.2, -0.15) is 0 Å². The van der Waals surface area contributed by atoms with Crippen LogP contribution in [-0.4, -0.2) is 5.78 Å². The zero-order chi connectivity index (χ0) is 13.3. The van der Waals surface area contributed by atoms with Crippen LogP contribution in [-0.2, 0) is 0 Å². The largest absolute Gasteiger partial charge is 0.288 e. The third kappa shape index (κ3) is 2.27. The van der Waals surface area contributed by atoms with E-state index in [9.17, 15) is 18.0 Å². The van der Waals surface area contributed by atoms with Crippen molar-refractivity contribution in [3.8, 4) is 0 Å². The molecule has 0 saturated carbocycles. The third-order valence-electron chi connectivity index (χ3n) is 2.55. The Balaban J connectivity index is 2.49. The maximum absolute atomic E-state index is 13.4. The molecule has 2 rings (SSSR count). The van der Waals surface area contributed by atoms with Gasteiger partial charge in [0.25, 0.3) is 0 Å². The number of halogens is 3. The molecule has 0 spiro atoms. The molecule has 4 heteroatoms. The Labute approximate surface area is 102 Å². The van der Waals surface area contributed by atoms with E-state index in [1.807, 2.05) is 6.92 Å². The molecule has 0 heterocycles. The molecule has 0 N–H and O–H groups in total. The van der Waals surface area contributed by atoms with Crippen molar-refractivity contribution in [3.05, 3.63) is 70.5 Å². The van der Waals surface area contributed by atoms with Crippen molar-refractivity contribution in [1.29, 1.82) is 0 Å². The third-order valence-corrected chi connectivity index (χ3v) is 2.55. The van der Waals surface area contributed by atoms with E-state index in [4.69, 9.17) is 0 Å². The van der Waals surface area contributed by atoms with Gasteiger partial charge in [0.15, 0.2) is 5.78 Å². The van der Waals surface area contributed by atoms with Crippen LogP contribution in [0.25, 0.3) is 0 Å². The first-order chi connectivity index (χ1) is 8.49. The van der Waals surface area contributed by atoms with E-state index in [1.165, 1.54) is 12.1 Å². The molecule has 0 fully saturated rings. The molecule has 0 atom stereocenters. The molecule has 0 aliphatic heterocycles. The van der Waals surface area contributed by atoms with Crippen LogP contribution in [0.1, 0.15) is 21.5 Å². The van der Waals surface area contributed by atoms with Crippen molar-refractivity contribution in [2.24, 2.45) is 0 Å². The molecule has 0 aliphatic rings. The van der Waals surface area contributed by atoms with Crippen molar-refractivity contribution in [2.45, 2.75) is 6.92 Å². The molecule has 0 radical (unpaired) electrons. The molecule has 18 heavy (non-hydrogen) atoms. The van der Waals surface area contributed by atoms with Crippen LogP contribution < -0.4 is 0 Å². The van der Waals surface area contributed by atoms with Gasteiger partial charge in [-0.15, -0.1) is 0 Å². The quantitative estimate of drug-likeness (QED) is 0.743. The SMILES string of the molecule is Cc1ccc(C(=O)c2c(F)cc(F)cc2F)cc1. The molecule has 92 valence electrons. The molecule has 0 aliphatic carbocycles. The van der Waals surface area contributed by atoms with Gasteiger partial charge in [0.1, 0.15) is 17.5 Å². The molecular weight excluding hydrogens is 241 g/mol. The van der Waals surface area contributed by atoms with Gasteiger partial charge in [-0.05, 0) is 6.92 Å². The predicted octanol–water partition coefficient (Wildman–Crippen LogP) is 3.64. The average molecular weight is 250 g/mol. The summed E-state index contributed by atoms with van der Waals surface area (Å²) in [7, 11) is 0. The summed E-state index contributed by atoms with van der Waals surface area (Å²) in [5, 5.41) is 0. The number of rotatable bonds is 2. The van der Waals surface area contributed by atoms with Gasteiger partial charge in [0.2, 0.25) is 0 Å². The summed E-state index contributed by atoms with van der Waals surface area (Å²) >= 11 is 0. The van der Waals surface area contributed by atoms with E-state index in [2.05, 4.69) is 0 Å². The van der Waals surface area contributed by atoms with E-state index in [0.29, 0.717) is 12.1 Å². The number of ketones is 1. The second-order valence-corrected chi connectivity index (χ2v) is 3.94. The molecule has 0 unspecified atom stereocenters. The minimum absolute atomic E-state index is 0.157. The smallest absolute Gasteiger partial charge is 0.198 e. The lowest BCUT2D eigenvalue weighted by molar-refractivity contribution is 0.103. The Morgan fingerprint density at radius 1 is 0.944 bits per heavy atom. The highest BCUT2D eigenvalue weighted by Gasteiger charge is 2.20. The normalized spacial score (nSPS) is 10.4. The van der Waals surface area contributed by atoms with Crippen molar-refractivity contribution in [1.82, 2.24) is 0 Å². The van der Waals surface area contributed by atoms with Gasteiger partial charge in [-0.3, -0.25) is 4.79 Å². The topological polar surface area (TPSA) is 17.1 Å². The fourth-order valence-corrected chi connectivity index (χ4v) is 1.61. The van der Waals surface area contributed by atoms with E-state index < -0.39 is 28.8 Å². The molecule has 0 bridgehead atoms. The van der Waals surface area contributed by atoms with Crippen LogP contribution in [0, 0.1) is 24.4 Å². The van der Waals surface area contributed by atoms with Crippen molar-refractivity contribution >= 4 is 5.78 Å². The molecular formula is C14H9F3O. The number of carbonyl (C=O) groups excluding carboxylic acids is 1. The van der Waals surface area contributed by atoms with Crippen molar-refractivity contribution in [2.75, 3.05) is 0 Å². The molecule has 2 aromatic rings. The predicted molar refractivity (Wildman–Crippen MR) is 60.9 cm³/mol. The van der Waals surface area contributed by atoms with E-state index in [1.54, 1.807) is 12.1 Å². The summed E-state index contributed by atoms with van der Waals surface area (Å²) in [6.45, 7) is 1.83. The lowest BCUT2D eigenvalue weighted by Crippen LogP contribution is -2.08. The first-order valence-electron chi connectivity index (χ1n) is 5.25. The second-order valence-electron chi connectivity index (χ2n) is 3.94. The molecule has 0 aromatic heterocycles. The molecule has 1 nitrogen and oxygen atoms in total. The number of carbonyl (C=O) groups is 1. The molecule has 2 aromatic carbocycles. The first-order valence-corrected chi connectivity index (χ1v) is 5.25. The Kier molecular flexibility index (Phi) is 3.19. The van der Waals surface area contributed by atoms with Crippen LogP contribution in [0.5, 0.6) is 0 Å². The highest BCUT2D eigenvalue weighted by atomic mass is 19.1. The zero-order valence-electron chi connectivity index (χ0n) is 9.51. The molecule has 0 amide bonds. The van der Waals surface area contributed by atoms with Crippen LogP contribution in [0.3, 0.4) is 0 Å². The van der Waals surface area contributed by atoms with Crippen LogP contribution in [0.15, 0.2) is 36.4 Å². The summed E-state index contributed by atoms with van der Waals surface area (Å²) in [6, 6.07) is 7.24. The maximum Gasteiger partial charge on any atom is 0.198 e. The van der Waals surface area contributed by atoms with Gasteiger partial charge in [-0.1, -0.05) is 29.8 Å². The highest BCUT2D eigenvalue weighted by Crippen LogP contribution is 2.19. The van der Waals surface area contributed by atoms with Crippen molar-refractivity contribution < 1.29 is 18.0 Å². The minimum Gasteiger partial charge on any atom is -0.288 e. The zero-order valence-corrected chi connectivity index (χ0v) is 9.51. The average Bonchev–Trinajstić information content (AvgIpc) is 2.28. The summed E-state index contributed by atoms with van der Waals surface area (Å²) in [4.78, 5) is 11.9. The molecule has 0 saturated heterocycles. The Hall–Kier alpha value is -2.10. The maximum atomic E-state index is 13.4. The highest BCUT2D eigenvalue weighted by molar-refractivity contribution is 6.09. The number of hydrogen-bond donors (Lipinski definition) is 0. The summed E-state index contributed by atoms with van der Waals surface area (Å²) in [5.41, 5.74) is 0.344. The minimum atomic E-state index is -1.20. The van der Waals surface area contributed by atoms with Crippen LogP contribution in [0.2, 0.25) is 0 Å². The van der Waals surface area contributed by atoms with Crippen LogP contribution in [0.4, 0.5) is 13.2 Å². The van der Waals surface area contributed by atoms with Gasteiger partial charge in [0, 0.05) is 17.7 Å². The van der Waals surface area contributed by atoms with Gasteiger partial charge >= 0.3 is 0 Å². The Morgan fingerprint density at radius 2 is 1.44 bits per heavy atom. The second kappa shape index (κ2) is 4.64. The summed E-state index contributed by atoms with van der Waals surface area (Å²) in [5.74, 6) is -4.24. The standard InChI is InChI=1S/C14H9F3O/c1-8-2-4-9(5-3-8)14(18)13-11(16)6-10(15)7-12(13)17/h2-7H,1H3. The van der Waals surface area contributed by atoms with E-state index in [0.717, 1.165) is 5.56 Å². The fourth-order valence-electron chi connectivity index (χ4n) is 1.61. The lowest BCUT2D eigenvalue weighted by atomic mass is 10.0. The van der Waals surface area contributed by atoms with E-state index in [-0.39, 0.29) is 5.56 Å². The number of aryl methyl sites for hydroxylation is 1. The fraction of sp³-hybridized carbons (Fsp3) is 0.0714. The van der Waals surface area contributed by atoms with Gasteiger partial charge < -0.3 is 0 Å². The van der Waals surface area contributed by atoms with Gasteiger partial charge in [-0.25, -0.2) is 13.2 Å². The van der Waals surface area contributed by atoms with Crippen molar-refractivity contribution in [3.63, 3.8) is 0 Å². The monoisotopic (exact) mass is 250 g/mol. The first kappa shape index (κ1) is 12.4. The number of hydrogen-bond acceptors (Lipinski definition) is 1. The summed E-state index contributed by atoms with van der Waals surface area (Å²) < 4.78 is 39.6. The van der Waals surface area contributed by atoms with E-state index >= 15 is 0 Å².